The number of aldehydes is 1. The van der Waals surface area contributed by atoms with E-state index in [0.29, 0.717) is 18.6 Å². The second-order valence-corrected chi connectivity index (χ2v) is 6.76. The topological polar surface area (TPSA) is 80.2 Å². The average molecular weight is 290 g/mol. The minimum Gasteiger partial charge on any atom is -0.351 e. The van der Waals surface area contributed by atoms with E-state index in [1.54, 1.807) is 11.8 Å². The van der Waals surface area contributed by atoms with Gasteiger partial charge in [0.2, 0.25) is 0 Å². The molecule has 1 aliphatic heterocycles. The summed E-state index contributed by atoms with van der Waals surface area (Å²) >= 11 is 5.83. The molecular formula is C10H12ClN3O3S. The largest absolute Gasteiger partial charge is 0.351 e. The summed E-state index contributed by atoms with van der Waals surface area (Å²) in [6.07, 6.45) is 1.86. The van der Waals surface area contributed by atoms with Gasteiger partial charge in [-0.3, -0.25) is 4.79 Å². The van der Waals surface area contributed by atoms with Crippen LogP contribution in [-0.2, 0) is 9.84 Å². The SMILES string of the molecule is CC1CS(=O)(=O)CCN1c1ncnc(Cl)c1C=O. The lowest BCUT2D eigenvalue weighted by atomic mass is 10.2. The van der Waals surface area contributed by atoms with Crippen LogP contribution in [0.1, 0.15) is 17.3 Å². The Labute approximate surface area is 110 Å². The Balaban J connectivity index is 2.39. The Morgan fingerprint density at radius 1 is 1.50 bits per heavy atom. The minimum atomic E-state index is -3.01. The molecule has 0 N–H and O–H groups in total. The van der Waals surface area contributed by atoms with Gasteiger partial charge >= 0.3 is 0 Å². The molecule has 8 heteroatoms. The van der Waals surface area contributed by atoms with E-state index in [2.05, 4.69) is 9.97 Å². The summed E-state index contributed by atoms with van der Waals surface area (Å²) in [6, 6.07) is -0.242. The summed E-state index contributed by atoms with van der Waals surface area (Å²) in [6.45, 7) is 2.08. The molecule has 2 rings (SSSR count). The van der Waals surface area contributed by atoms with Crippen molar-refractivity contribution in [1.82, 2.24) is 9.97 Å². The summed E-state index contributed by atoms with van der Waals surface area (Å²) in [7, 11) is -3.01. The Bertz CT molecular complexity index is 576. The molecule has 1 saturated heterocycles. The zero-order valence-corrected chi connectivity index (χ0v) is 11.3. The quantitative estimate of drug-likeness (QED) is 0.585. The fraction of sp³-hybridized carbons (Fsp3) is 0.500. The Morgan fingerprint density at radius 2 is 2.22 bits per heavy atom. The van der Waals surface area contributed by atoms with E-state index >= 15 is 0 Å². The predicted molar refractivity (Wildman–Crippen MR) is 67.9 cm³/mol. The van der Waals surface area contributed by atoms with Crippen LogP contribution in [0.3, 0.4) is 0 Å². The van der Waals surface area contributed by atoms with Crippen LogP contribution < -0.4 is 4.90 Å². The summed E-state index contributed by atoms with van der Waals surface area (Å²) in [5, 5.41) is 0.0793. The molecule has 0 aliphatic carbocycles. The Hall–Kier alpha value is -1.21. The van der Waals surface area contributed by atoms with E-state index in [1.165, 1.54) is 6.33 Å². The standard InChI is InChI=1S/C10H12ClN3O3S/c1-7-5-18(16,17)3-2-14(7)10-8(4-15)9(11)12-6-13-10/h4,6-7H,2-3,5H2,1H3. The normalized spacial score (nSPS) is 22.8. The number of hydrogen-bond acceptors (Lipinski definition) is 6. The highest BCUT2D eigenvalue weighted by Crippen LogP contribution is 2.25. The van der Waals surface area contributed by atoms with Crippen molar-refractivity contribution in [2.45, 2.75) is 13.0 Å². The van der Waals surface area contributed by atoms with Crippen LogP contribution in [-0.4, -0.2) is 48.8 Å². The zero-order chi connectivity index (χ0) is 13.3. The van der Waals surface area contributed by atoms with Crippen molar-refractivity contribution in [3.05, 3.63) is 17.0 Å². The molecule has 0 saturated carbocycles. The number of carbonyl (C=O) groups excluding carboxylic acids is 1. The number of rotatable bonds is 2. The van der Waals surface area contributed by atoms with Crippen molar-refractivity contribution in [1.29, 1.82) is 0 Å². The number of carbonyl (C=O) groups is 1. The molecule has 1 aromatic rings. The molecule has 1 aromatic heterocycles. The lowest BCUT2D eigenvalue weighted by Gasteiger charge is -2.34. The van der Waals surface area contributed by atoms with Crippen LogP contribution in [0, 0.1) is 0 Å². The Kier molecular flexibility index (Phi) is 3.54. The van der Waals surface area contributed by atoms with Crippen LogP contribution in [0.4, 0.5) is 5.82 Å². The number of halogens is 1. The summed E-state index contributed by atoms with van der Waals surface area (Å²) in [5.41, 5.74) is 0.199. The van der Waals surface area contributed by atoms with Gasteiger partial charge in [0, 0.05) is 12.6 Å². The van der Waals surface area contributed by atoms with Crippen LogP contribution in [0.5, 0.6) is 0 Å². The van der Waals surface area contributed by atoms with Crippen molar-refractivity contribution in [3.63, 3.8) is 0 Å². The van der Waals surface area contributed by atoms with E-state index in [-0.39, 0.29) is 28.3 Å². The van der Waals surface area contributed by atoms with E-state index in [9.17, 15) is 13.2 Å². The smallest absolute Gasteiger partial charge is 0.156 e. The minimum absolute atomic E-state index is 0.0485. The van der Waals surface area contributed by atoms with E-state index in [0.717, 1.165) is 0 Å². The molecule has 0 spiro atoms. The van der Waals surface area contributed by atoms with Crippen molar-refractivity contribution in [3.8, 4) is 0 Å². The zero-order valence-electron chi connectivity index (χ0n) is 9.71. The van der Waals surface area contributed by atoms with Gasteiger partial charge in [-0.25, -0.2) is 18.4 Å². The molecule has 1 unspecified atom stereocenters. The lowest BCUT2D eigenvalue weighted by Crippen LogP contribution is -2.47. The fourth-order valence-corrected chi connectivity index (χ4v) is 3.74. The fourth-order valence-electron chi connectivity index (χ4n) is 2.01. The number of hydrogen-bond donors (Lipinski definition) is 0. The summed E-state index contributed by atoms with van der Waals surface area (Å²) in [5.74, 6) is 0.497. The highest BCUT2D eigenvalue weighted by atomic mass is 35.5. The lowest BCUT2D eigenvalue weighted by molar-refractivity contribution is 0.112. The molecule has 0 amide bonds. The van der Waals surface area contributed by atoms with Gasteiger partial charge in [0.15, 0.2) is 16.1 Å². The molecule has 1 atom stereocenters. The van der Waals surface area contributed by atoms with Crippen molar-refractivity contribution >= 4 is 33.5 Å². The first-order valence-corrected chi connectivity index (χ1v) is 7.57. The third-order valence-corrected chi connectivity index (χ3v) is 4.97. The first-order chi connectivity index (χ1) is 8.44. The van der Waals surface area contributed by atoms with E-state index in [4.69, 9.17) is 11.6 Å². The van der Waals surface area contributed by atoms with Crippen molar-refractivity contribution in [2.24, 2.45) is 0 Å². The summed E-state index contributed by atoms with van der Waals surface area (Å²) in [4.78, 5) is 20.6. The van der Waals surface area contributed by atoms with Gasteiger partial charge in [-0.1, -0.05) is 11.6 Å². The van der Waals surface area contributed by atoms with Crippen LogP contribution >= 0.6 is 11.6 Å². The van der Waals surface area contributed by atoms with Gasteiger partial charge in [0.25, 0.3) is 0 Å². The van der Waals surface area contributed by atoms with Crippen LogP contribution in [0.25, 0.3) is 0 Å². The van der Waals surface area contributed by atoms with Gasteiger partial charge in [-0.15, -0.1) is 0 Å². The number of sulfone groups is 1. The molecule has 2 heterocycles. The Morgan fingerprint density at radius 3 is 2.83 bits per heavy atom. The molecule has 98 valence electrons. The number of nitrogens with zero attached hydrogens (tertiary/aromatic N) is 3. The molecule has 1 fully saturated rings. The maximum Gasteiger partial charge on any atom is 0.156 e. The summed E-state index contributed by atoms with van der Waals surface area (Å²) < 4.78 is 23.0. The highest BCUT2D eigenvalue weighted by Gasteiger charge is 2.30. The third kappa shape index (κ3) is 2.46. The molecule has 0 bridgehead atoms. The van der Waals surface area contributed by atoms with Crippen LogP contribution in [0.2, 0.25) is 5.15 Å². The molecule has 0 radical (unpaired) electrons. The first kappa shape index (κ1) is 13.2. The van der Waals surface area contributed by atoms with Gasteiger partial charge in [-0.2, -0.15) is 0 Å². The molecule has 1 aliphatic rings. The van der Waals surface area contributed by atoms with Crippen molar-refractivity contribution in [2.75, 3.05) is 23.0 Å². The first-order valence-electron chi connectivity index (χ1n) is 5.37. The second-order valence-electron chi connectivity index (χ2n) is 4.18. The molecule has 0 aromatic carbocycles. The maximum absolute atomic E-state index is 11.5. The molecular weight excluding hydrogens is 278 g/mol. The van der Waals surface area contributed by atoms with Gasteiger partial charge < -0.3 is 4.90 Å². The number of aromatic nitrogens is 2. The highest BCUT2D eigenvalue weighted by molar-refractivity contribution is 7.91. The van der Waals surface area contributed by atoms with Crippen LogP contribution in [0.15, 0.2) is 6.33 Å². The molecule has 18 heavy (non-hydrogen) atoms. The van der Waals surface area contributed by atoms with Gasteiger partial charge in [0.1, 0.15) is 17.3 Å². The van der Waals surface area contributed by atoms with E-state index < -0.39 is 9.84 Å². The predicted octanol–water partition coefficient (Wildman–Crippen LogP) is 0.566. The third-order valence-electron chi connectivity index (χ3n) is 2.87. The second kappa shape index (κ2) is 4.81. The average Bonchev–Trinajstić information content (AvgIpc) is 2.27. The van der Waals surface area contributed by atoms with Crippen molar-refractivity contribution < 1.29 is 13.2 Å². The monoisotopic (exact) mass is 289 g/mol. The van der Waals surface area contributed by atoms with Gasteiger partial charge in [0.05, 0.1) is 17.1 Å². The maximum atomic E-state index is 11.5. The van der Waals surface area contributed by atoms with E-state index in [1.807, 2.05) is 0 Å². The number of anilines is 1. The molecule has 6 nitrogen and oxygen atoms in total. The van der Waals surface area contributed by atoms with Gasteiger partial charge in [-0.05, 0) is 6.92 Å².